The molecule has 4 rings (SSSR count). The lowest BCUT2D eigenvalue weighted by Crippen LogP contribution is -2.35. The van der Waals surface area contributed by atoms with Crippen molar-refractivity contribution in [1.29, 1.82) is 0 Å². The van der Waals surface area contributed by atoms with E-state index >= 15 is 0 Å². The predicted molar refractivity (Wildman–Crippen MR) is 108 cm³/mol. The summed E-state index contributed by atoms with van der Waals surface area (Å²) in [7, 11) is 6.03. The normalized spacial score (nSPS) is 19.9. The lowest BCUT2D eigenvalue weighted by Gasteiger charge is -2.31. The number of pyridine rings is 2. The Hall–Kier alpha value is -2.87. The van der Waals surface area contributed by atoms with Crippen molar-refractivity contribution in [3.63, 3.8) is 0 Å². The Kier molecular flexibility index (Phi) is 5.04. The van der Waals surface area contributed by atoms with Gasteiger partial charge in [0.25, 0.3) is 0 Å². The molecule has 0 radical (unpaired) electrons. The number of nitrogens with zero attached hydrogens (tertiary/aromatic N) is 6. The first-order valence-corrected chi connectivity index (χ1v) is 9.59. The molecular formula is C20H25N7O. The van der Waals surface area contributed by atoms with Crippen LogP contribution >= 0.6 is 0 Å². The molecule has 1 aliphatic carbocycles. The number of aryl methyl sites for hydroxylation is 1. The topological polar surface area (TPSA) is 88.8 Å². The minimum Gasteiger partial charge on any atom is -0.310 e. The van der Waals surface area contributed by atoms with E-state index in [2.05, 4.69) is 44.6 Å². The summed E-state index contributed by atoms with van der Waals surface area (Å²) in [4.78, 5) is 23.7. The summed E-state index contributed by atoms with van der Waals surface area (Å²) in [5, 5.41) is 12.9. The number of hydrogen-bond acceptors (Lipinski definition) is 6. The maximum atomic E-state index is 12.7. The Morgan fingerprint density at radius 3 is 2.50 bits per heavy atom. The van der Waals surface area contributed by atoms with E-state index in [1.807, 2.05) is 25.4 Å². The number of carbonyl (C=O) groups is 1. The van der Waals surface area contributed by atoms with Crippen LogP contribution in [0.25, 0.3) is 22.2 Å². The zero-order valence-corrected chi connectivity index (χ0v) is 16.5. The van der Waals surface area contributed by atoms with E-state index in [-0.39, 0.29) is 11.8 Å². The molecule has 1 aliphatic rings. The largest absolute Gasteiger partial charge is 0.310 e. The first-order valence-electron chi connectivity index (χ1n) is 9.59. The molecule has 3 aromatic rings. The highest BCUT2D eigenvalue weighted by molar-refractivity contribution is 5.94. The molecule has 146 valence electrons. The van der Waals surface area contributed by atoms with Crippen LogP contribution in [0.3, 0.4) is 0 Å². The number of aromatic nitrogens is 5. The molecule has 1 saturated carbocycles. The molecule has 0 aliphatic heterocycles. The fraction of sp³-hybridized carbons (Fsp3) is 0.450. The van der Waals surface area contributed by atoms with Gasteiger partial charge in [-0.05, 0) is 57.3 Å². The maximum absolute atomic E-state index is 12.7. The van der Waals surface area contributed by atoms with Crippen molar-refractivity contribution in [2.75, 3.05) is 19.4 Å². The van der Waals surface area contributed by atoms with Gasteiger partial charge in [0.2, 0.25) is 5.91 Å². The van der Waals surface area contributed by atoms with Gasteiger partial charge in [-0.15, -0.1) is 5.10 Å². The first kappa shape index (κ1) is 18.5. The van der Waals surface area contributed by atoms with Crippen molar-refractivity contribution in [1.82, 2.24) is 29.9 Å². The summed E-state index contributed by atoms with van der Waals surface area (Å²) in [6.45, 7) is 0. The number of carbonyl (C=O) groups excluding carboxylic acids is 1. The van der Waals surface area contributed by atoms with E-state index in [0.29, 0.717) is 17.6 Å². The van der Waals surface area contributed by atoms with Gasteiger partial charge in [-0.25, -0.2) is 4.98 Å². The van der Waals surface area contributed by atoms with E-state index in [0.717, 1.165) is 42.1 Å². The average Bonchev–Trinajstić information content (AvgIpc) is 3.14. The number of fused-ring (bicyclic) bond motifs is 1. The standard InChI is InChI=1S/C20H25N7O/c1-26(2)16-6-4-13(5-7-16)20(28)23-19-9-14-8-17(18-12-27(3)25-24-18)21-10-15(14)11-22-19/h8-13,16H,4-7H2,1-3H3,(H,22,23,28). The van der Waals surface area contributed by atoms with Crippen LogP contribution in [0.5, 0.6) is 0 Å². The molecule has 8 heteroatoms. The third-order valence-corrected chi connectivity index (χ3v) is 5.52. The molecule has 8 nitrogen and oxygen atoms in total. The highest BCUT2D eigenvalue weighted by Gasteiger charge is 2.27. The average molecular weight is 379 g/mol. The highest BCUT2D eigenvalue weighted by atomic mass is 16.1. The monoisotopic (exact) mass is 379 g/mol. The molecule has 28 heavy (non-hydrogen) atoms. The second-order valence-electron chi connectivity index (χ2n) is 7.72. The molecule has 1 fully saturated rings. The van der Waals surface area contributed by atoms with E-state index < -0.39 is 0 Å². The Labute approximate surface area is 164 Å². The van der Waals surface area contributed by atoms with Gasteiger partial charge in [-0.1, -0.05) is 5.21 Å². The summed E-state index contributed by atoms with van der Waals surface area (Å²) in [5.41, 5.74) is 1.45. The van der Waals surface area contributed by atoms with E-state index in [1.165, 1.54) is 0 Å². The molecule has 3 heterocycles. The van der Waals surface area contributed by atoms with E-state index in [9.17, 15) is 4.79 Å². The second kappa shape index (κ2) is 7.63. The molecule has 1 N–H and O–H groups in total. The number of nitrogens with one attached hydrogen (secondary N) is 1. The zero-order chi connectivity index (χ0) is 19.7. The van der Waals surface area contributed by atoms with Crippen LogP contribution in [0.4, 0.5) is 5.82 Å². The fourth-order valence-electron chi connectivity index (χ4n) is 3.79. The summed E-state index contributed by atoms with van der Waals surface area (Å²) >= 11 is 0. The lowest BCUT2D eigenvalue weighted by molar-refractivity contribution is -0.121. The quantitative estimate of drug-likeness (QED) is 0.749. The summed E-state index contributed by atoms with van der Waals surface area (Å²) in [5.74, 6) is 0.692. The minimum absolute atomic E-state index is 0.0568. The van der Waals surface area contributed by atoms with Crippen molar-refractivity contribution >= 4 is 22.5 Å². The Morgan fingerprint density at radius 2 is 1.82 bits per heavy atom. The van der Waals surface area contributed by atoms with Crippen LogP contribution in [0, 0.1) is 5.92 Å². The van der Waals surface area contributed by atoms with Gasteiger partial charge < -0.3 is 10.2 Å². The molecule has 0 saturated heterocycles. The first-order chi connectivity index (χ1) is 13.5. The Balaban J connectivity index is 1.49. The van der Waals surface area contributed by atoms with Crippen molar-refractivity contribution < 1.29 is 4.79 Å². The van der Waals surface area contributed by atoms with Gasteiger partial charge in [-0.2, -0.15) is 0 Å². The number of hydrogen-bond donors (Lipinski definition) is 1. The number of rotatable bonds is 4. The van der Waals surface area contributed by atoms with Gasteiger partial charge in [0.1, 0.15) is 11.5 Å². The summed E-state index contributed by atoms with van der Waals surface area (Å²) in [6, 6.07) is 4.41. The maximum Gasteiger partial charge on any atom is 0.228 e. The Morgan fingerprint density at radius 1 is 1.07 bits per heavy atom. The molecular weight excluding hydrogens is 354 g/mol. The van der Waals surface area contributed by atoms with Gasteiger partial charge in [-0.3, -0.25) is 14.5 Å². The van der Waals surface area contributed by atoms with Crippen LogP contribution in [0.15, 0.2) is 30.7 Å². The number of anilines is 1. The SMILES string of the molecule is CN(C)C1CCC(C(=O)Nc2cc3cc(-c4cn(C)nn4)ncc3cn2)CC1. The molecule has 0 aromatic carbocycles. The molecule has 0 spiro atoms. The predicted octanol–water partition coefficient (Wildman–Crippen LogP) is 2.48. The Bertz CT molecular complexity index is 989. The van der Waals surface area contributed by atoms with E-state index in [4.69, 9.17) is 0 Å². The molecule has 0 unspecified atom stereocenters. The third kappa shape index (κ3) is 3.87. The van der Waals surface area contributed by atoms with Gasteiger partial charge >= 0.3 is 0 Å². The van der Waals surface area contributed by atoms with Crippen LogP contribution in [-0.2, 0) is 11.8 Å². The van der Waals surface area contributed by atoms with Gasteiger partial charge in [0.05, 0.1) is 11.9 Å². The molecule has 3 aromatic heterocycles. The van der Waals surface area contributed by atoms with Crippen molar-refractivity contribution in [2.45, 2.75) is 31.7 Å². The molecule has 1 amide bonds. The second-order valence-corrected chi connectivity index (χ2v) is 7.72. The molecule has 0 atom stereocenters. The van der Waals surface area contributed by atoms with Gasteiger partial charge in [0.15, 0.2) is 0 Å². The van der Waals surface area contributed by atoms with Crippen molar-refractivity contribution in [3.8, 4) is 11.4 Å². The van der Waals surface area contributed by atoms with Crippen LogP contribution < -0.4 is 5.32 Å². The summed E-state index contributed by atoms with van der Waals surface area (Å²) in [6.07, 6.45) is 9.28. The van der Waals surface area contributed by atoms with Gasteiger partial charge in [0, 0.05) is 36.8 Å². The van der Waals surface area contributed by atoms with Crippen molar-refractivity contribution in [2.24, 2.45) is 13.0 Å². The van der Waals surface area contributed by atoms with E-state index in [1.54, 1.807) is 17.1 Å². The smallest absolute Gasteiger partial charge is 0.228 e. The minimum atomic E-state index is 0.0568. The van der Waals surface area contributed by atoms with Crippen LogP contribution in [-0.4, -0.2) is 55.9 Å². The van der Waals surface area contributed by atoms with Crippen LogP contribution in [0.1, 0.15) is 25.7 Å². The molecule has 0 bridgehead atoms. The highest BCUT2D eigenvalue weighted by Crippen LogP contribution is 2.28. The zero-order valence-electron chi connectivity index (χ0n) is 16.5. The lowest BCUT2D eigenvalue weighted by atomic mass is 9.85. The van der Waals surface area contributed by atoms with Crippen molar-refractivity contribution in [3.05, 3.63) is 30.7 Å². The number of amides is 1. The van der Waals surface area contributed by atoms with Crippen LogP contribution in [0.2, 0.25) is 0 Å². The third-order valence-electron chi connectivity index (χ3n) is 5.52. The summed E-state index contributed by atoms with van der Waals surface area (Å²) < 4.78 is 1.64. The fourth-order valence-corrected chi connectivity index (χ4v) is 3.79.